The van der Waals surface area contributed by atoms with E-state index >= 15 is 0 Å². The molecule has 2 amide bonds. The van der Waals surface area contributed by atoms with Gasteiger partial charge in [0.15, 0.2) is 11.5 Å². The minimum Gasteiger partial charge on any atom is -0.493 e. The van der Waals surface area contributed by atoms with E-state index < -0.39 is 10.8 Å². The Hall–Kier alpha value is -3.33. The average Bonchev–Trinajstić information content (AvgIpc) is 2.78. The molecular weight excluding hydrogens is 426 g/mol. The highest BCUT2D eigenvalue weighted by atomic mass is 35.5. The van der Waals surface area contributed by atoms with Crippen molar-refractivity contribution in [2.75, 3.05) is 39.9 Å². The highest BCUT2D eigenvalue weighted by Gasteiger charge is 2.31. The molecule has 9 nitrogen and oxygen atoms in total. The molecule has 2 aromatic carbocycles. The van der Waals surface area contributed by atoms with Gasteiger partial charge < -0.3 is 19.3 Å². The summed E-state index contributed by atoms with van der Waals surface area (Å²) in [5.74, 6) is -0.205. The first kappa shape index (κ1) is 22.4. The lowest BCUT2D eigenvalue weighted by molar-refractivity contribution is -0.385. The van der Waals surface area contributed by atoms with Crippen molar-refractivity contribution in [3.05, 3.63) is 62.7 Å². The fourth-order valence-corrected chi connectivity index (χ4v) is 3.48. The summed E-state index contributed by atoms with van der Waals surface area (Å²) < 4.78 is 10.6. The van der Waals surface area contributed by atoms with E-state index in [1.807, 2.05) is 0 Å². The molecule has 0 unspecified atom stereocenters. The zero-order chi connectivity index (χ0) is 22.5. The van der Waals surface area contributed by atoms with Gasteiger partial charge in [0.2, 0.25) is 0 Å². The van der Waals surface area contributed by atoms with Crippen LogP contribution in [0.5, 0.6) is 11.5 Å². The van der Waals surface area contributed by atoms with E-state index in [0.29, 0.717) is 30.3 Å². The number of amides is 2. The van der Waals surface area contributed by atoms with Gasteiger partial charge in [-0.25, -0.2) is 0 Å². The highest BCUT2D eigenvalue weighted by Crippen LogP contribution is 2.35. The maximum absolute atomic E-state index is 13.1. The van der Waals surface area contributed by atoms with Crippen LogP contribution in [0.2, 0.25) is 5.02 Å². The quantitative estimate of drug-likeness (QED) is 0.497. The van der Waals surface area contributed by atoms with Crippen LogP contribution in [0.4, 0.5) is 5.69 Å². The molecule has 0 radical (unpaired) electrons. The summed E-state index contributed by atoms with van der Waals surface area (Å²) in [7, 11) is 1.40. The van der Waals surface area contributed by atoms with E-state index in [9.17, 15) is 19.7 Å². The first-order valence-corrected chi connectivity index (χ1v) is 10.1. The third-order valence-corrected chi connectivity index (χ3v) is 5.21. The Kier molecular flexibility index (Phi) is 6.96. The van der Waals surface area contributed by atoms with Crippen LogP contribution in [-0.2, 0) is 0 Å². The van der Waals surface area contributed by atoms with E-state index in [2.05, 4.69) is 0 Å². The summed E-state index contributed by atoms with van der Waals surface area (Å²) in [5, 5.41) is 12.1. The summed E-state index contributed by atoms with van der Waals surface area (Å²) in [5.41, 5.74) is 0.0766. The molecule has 0 N–H and O–H groups in total. The van der Waals surface area contributed by atoms with Crippen molar-refractivity contribution in [1.29, 1.82) is 0 Å². The second-order valence-electron chi connectivity index (χ2n) is 6.80. The number of piperazine rings is 1. The third kappa shape index (κ3) is 4.88. The molecule has 0 bridgehead atoms. The summed E-state index contributed by atoms with van der Waals surface area (Å²) >= 11 is 5.86. The highest BCUT2D eigenvalue weighted by molar-refractivity contribution is 6.30. The number of ether oxygens (including phenoxy) is 2. The zero-order valence-corrected chi connectivity index (χ0v) is 17.9. The van der Waals surface area contributed by atoms with Crippen LogP contribution in [0.3, 0.4) is 0 Å². The summed E-state index contributed by atoms with van der Waals surface area (Å²) in [6.07, 6.45) is 0. The predicted molar refractivity (Wildman–Crippen MR) is 114 cm³/mol. The summed E-state index contributed by atoms with van der Waals surface area (Å²) in [6.45, 7) is 3.18. The molecule has 31 heavy (non-hydrogen) atoms. The van der Waals surface area contributed by atoms with Gasteiger partial charge in [-0.2, -0.15) is 0 Å². The van der Waals surface area contributed by atoms with E-state index in [4.69, 9.17) is 21.1 Å². The maximum Gasteiger partial charge on any atom is 0.286 e. The predicted octanol–water partition coefficient (Wildman–Crippen LogP) is 3.25. The molecule has 1 aliphatic heterocycles. The average molecular weight is 448 g/mol. The number of methoxy groups -OCH3 is 1. The minimum absolute atomic E-state index is 0.0808. The van der Waals surface area contributed by atoms with Crippen LogP contribution in [-0.4, -0.2) is 66.4 Å². The van der Waals surface area contributed by atoms with Crippen LogP contribution in [0, 0.1) is 10.1 Å². The third-order valence-electron chi connectivity index (χ3n) is 4.95. The van der Waals surface area contributed by atoms with E-state index in [0.717, 1.165) is 0 Å². The van der Waals surface area contributed by atoms with E-state index in [-0.39, 0.29) is 41.7 Å². The molecule has 1 saturated heterocycles. The number of rotatable bonds is 6. The lowest BCUT2D eigenvalue weighted by Crippen LogP contribution is -2.50. The number of nitro groups is 1. The molecule has 10 heteroatoms. The van der Waals surface area contributed by atoms with Crippen LogP contribution < -0.4 is 9.47 Å². The summed E-state index contributed by atoms with van der Waals surface area (Å²) in [6, 6.07) is 9.13. The van der Waals surface area contributed by atoms with E-state index in [1.54, 1.807) is 36.1 Å². The number of hydrogen-bond donors (Lipinski definition) is 0. The van der Waals surface area contributed by atoms with Crippen molar-refractivity contribution in [1.82, 2.24) is 9.80 Å². The number of carbonyl (C=O) groups is 2. The molecule has 1 aliphatic rings. The van der Waals surface area contributed by atoms with Crippen molar-refractivity contribution in [2.24, 2.45) is 0 Å². The van der Waals surface area contributed by atoms with Gasteiger partial charge in [-0.1, -0.05) is 11.6 Å². The van der Waals surface area contributed by atoms with Gasteiger partial charge in [-0.15, -0.1) is 0 Å². The Labute approximate surface area is 184 Å². The smallest absolute Gasteiger partial charge is 0.286 e. The Morgan fingerprint density at radius 2 is 1.61 bits per heavy atom. The summed E-state index contributed by atoms with van der Waals surface area (Å²) in [4.78, 5) is 39.8. The number of carbonyl (C=O) groups excluding carboxylic acids is 2. The molecule has 0 aliphatic carbocycles. The number of hydrogen-bond acceptors (Lipinski definition) is 6. The lowest BCUT2D eigenvalue weighted by atomic mass is 10.1. The van der Waals surface area contributed by atoms with Crippen molar-refractivity contribution >= 4 is 29.1 Å². The van der Waals surface area contributed by atoms with Crippen LogP contribution in [0.15, 0.2) is 36.4 Å². The standard InChI is InChI=1S/C21H22ClN3O6/c1-3-31-19-13-17(25(28)29)16(12-18(19)30-2)21(27)24-10-8-23(9-11-24)20(26)14-4-6-15(22)7-5-14/h4-7,12-13H,3,8-11H2,1-2H3. The van der Waals surface area contributed by atoms with E-state index in [1.165, 1.54) is 24.1 Å². The van der Waals surface area contributed by atoms with Crippen molar-refractivity contribution in [2.45, 2.75) is 6.92 Å². The van der Waals surface area contributed by atoms with Gasteiger partial charge in [0, 0.05) is 42.8 Å². The molecule has 1 fully saturated rings. The first-order valence-electron chi connectivity index (χ1n) is 9.69. The van der Waals surface area contributed by atoms with Gasteiger partial charge in [0.25, 0.3) is 17.5 Å². The van der Waals surface area contributed by atoms with Crippen molar-refractivity contribution < 1.29 is 24.0 Å². The largest absolute Gasteiger partial charge is 0.493 e. The SMILES string of the molecule is CCOc1cc([N+](=O)[O-])c(C(=O)N2CCN(C(=O)c3ccc(Cl)cc3)CC2)cc1OC. The van der Waals surface area contributed by atoms with Gasteiger partial charge in [0.05, 0.1) is 24.7 Å². The van der Waals surface area contributed by atoms with Gasteiger partial charge in [0.1, 0.15) is 5.56 Å². The molecule has 2 aromatic rings. The number of halogens is 1. The Morgan fingerprint density at radius 1 is 1.03 bits per heavy atom. The molecule has 0 atom stereocenters. The fourth-order valence-electron chi connectivity index (χ4n) is 3.36. The van der Waals surface area contributed by atoms with Gasteiger partial charge in [-0.05, 0) is 31.2 Å². The van der Waals surface area contributed by atoms with Crippen LogP contribution in [0.25, 0.3) is 0 Å². The number of benzene rings is 2. The Bertz CT molecular complexity index is 987. The molecule has 0 aromatic heterocycles. The normalized spacial score (nSPS) is 13.6. The van der Waals surface area contributed by atoms with Gasteiger partial charge in [-0.3, -0.25) is 19.7 Å². The second-order valence-corrected chi connectivity index (χ2v) is 7.24. The molecule has 1 heterocycles. The zero-order valence-electron chi connectivity index (χ0n) is 17.2. The molecule has 3 rings (SSSR count). The second kappa shape index (κ2) is 9.65. The number of nitro benzene ring substituents is 1. The molecule has 0 saturated carbocycles. The maximum atomic E-state index is 13.1. The molecular formula is C21H22ClN3O6. The van der Waals surface area contributed by atoms with Gasteiger partial charge >= 0.3 is 0 Å². The first-order chi connectivity index (χ1) is 14.8. The van der Waals surface area contributed by atoms with Crippen molar-refractivity contribution in [3.63, 3.8) is 0 Å². The minimum atomic E-state index is -0.616. The lowest BCUT2D eigenvalue weighted by Gasteiger charge is -2.34. The topological polar surface area (TPSA) is 102 Å². The number of nitrogens with zero attached hydrogens (tertiary/aromatic N) is 3. The van der Waals surface area contributed by atoms with Crippen LogP contribution in [0.1, 0.15) is 27.6 Å². The molecule has 0 spiro atoms. The van der Waals surface area contributed by atoms with Crippen molar-refractivity contribution in [3.8, 4) is 11.5 Å². The Morgan fingerprint density at radius 3 is 2.13 bits per heavy atom. The Balaban J connectivity index is 1.76. The monoisotopic (exact) mass is 447 g/mol. The fraction of sp³-hybridized carbons (Fsp3) is 0.333. The molecule has 164 valence electrons. The van der Waals surface area contributed by atoms with Crippen LogP contribution >= 0.6 is 11.6 Å².